The molecule has 0 unspecified atom stereocenters. The smallest absolute Gasteiger partial charge is 0.328 e. The molecule has 170 valence electrons. The maximum atomic E-state index is 13.6. The fourth-order valence-electron chi connectivity index (χ4n) is 4.75. The Bertz CT molecular complexity index is 937. The van der Waals surface area contributed by atoms with E-state index in [2.05, 4.69) is 35.9 Å². The Labute approximate surface area is 190 Å². The highest BCUT2D eigenvalue weighted by atomic mass is 16.5. The molecule has 0 radical (unpaired) electrons. The number of nitrogens with zero attached hydrogens (tertiary/aromatic N) is 4. The monoisotopic (exact) mass is 436 g/mol. The highest BCUT2D eigenvalue weighted by Gasteiger charge is 2.57. The maximum absolute atomic E-state index is 13.6. The van der Waals surface area contributed by atoms with Crippen molar-refractivity contribution in [1.29, 1.82) is 0 Å². The quantitative estimate of drug-likeness (QED) is 0.621. The molecule has 3 amide bonds. The van der Waals surface area contributed by atoms with E-state index in [0.717, 1.165) is 31.1 Å². The van der Waals surface area contributed by atoms with E-state index in [1.807, 2.05) is 35.2 Å². The van der Waals surface area contributed by atoms with E-state index < -0.39 is 5.54 Å². The average Bonchev–Trinajstić information content (AvgIpc) is 2.98. The molecule has 1 aromatic heterocycles. The molecule has 2 saturated heterocycles. The topological polar surface area (TPSA) is 66.0 Å². The highest BCUT2D eigenvalue weighted by Crippen LogP contribution is 2.38. The minimum atomic E-state index is -0.744. The SMILES string of the molecule is COc1ccc(CN2CCC3(CC2)C(=O)N(Cc2ccccn2)C(=O)N3CC(C)C)cc1. The molecule has 32 heavy (non-hydrogen) atoms. The maximum Gasteiger partial charge on any atom is 0.328 e. The van der Waals surface area contributed by atoms with E-state index in [-0.39, 0.29) is 24.4 Å². The standard InChI is InChI=1S/C25H32N4O3/c1-19(2)16-29-24(31)28(18-21-6-4-5-13-26-21)23(30)25(29)11-14-27(15-12-25)17-20-7-9-22(32-3)10-8-20/h4-10,13,19H,11-12,14-18H2,1-3H3. The lowest BCUT2D eigenvalue weighted by molar-refractivity contribution is -0.136. The van der Waals surface area contributed by atoms with Crippen LogP contribution < -0.4 is 4.74 Å². The summed E-state index contributed by atoms with van der Waals surface area (Å²) in [5, 5.41) is 0. The number of imide groups is 1. The fraction of sp³-hybridized carbons (Fsp3) is 0.480. The van der Waals surface area contributed by atoms with E-state index in [1.54, 1.807) is 13.3 Å². The van der Waals surface area contributed by atoms with E-state index >= 15 is 0 Å². The van der Waals surface area contributed by atoms with Gasteiger partial charge in [0.05, 0.1) is 19.3 Å². The van der Waals surface area contributed by atoms with Crippen molar-refractivity contribution in [3.05, 3.63) is 59.9 Å². The molecule has 0 bridgehead atoms. The van der Waals surface area contributed by atoms with Crippen LogP contribution in [0, 0.1) is 5.92 Å². The summed E-state index contributed by atoms with van der Waals surface area (Å²) in [6.45, 7) is 7.36. The molecule has 2 fully saturated rings. The van der Waals surface area contributed by atoms with Crippen molar-refractivity contribution in [1.82, 2.24) is 19.7 Å². The van der Waals surface area contributed by atoms with Gasteiger partial charge in [-0.3, -0.25) is 19.6 Å². The Morgan fingerprint density at radius 3 is 2.34 bits per heavy atom. The van der Waals surface area contributed by atoms with Gasteiger partial charge in [-0.2, -0.15) is 0 Å². The first-order valence-corrected chi connectivity index (χ1v) is 11.3. The van der Waals surface area contributed by atoms with Crippen molar-refractivity contribution in [3.63, 3.8) is 0 Å². The van der Waals surface area contributed by atoms with Crippen LogP contribution in [0.1, 0.15) is 37.9 Å². The third-order valence-corrected chi connectivity index (χ3v) is 6.46. The molecule has 2 aromatic rings. The minimum absolute atomic E-state index is 0.0714. The molecule has 3 heterocycles. The summed E-state index contributed by atoms with van der Waals surface area (Å²) in [6, 6.07) is 13.5. The van der Waals surface area contributed by atoms with Crippen molar-refractivity contribution >= 4 is 11.9 Å². The molecule has 1 aromatic carbocycles. The molecule has 4 rings (SSSR count). The van der Waals surface area contributed by atoms with E-state index in [0.29, 0.717) is 19.4 Å². The first-order valence-electron chi connectivity index (χ1n) is 11.3. The van der Waals surface area contributed by atoms with Crippen molar-refractivity contribution in [2.24, 2.45) is 5.92 Å². The summed E-state index contributed by atoms with van der Waals surface area (Å²) >= 11 is 0. The van der Waals surface area contributed by atoms with Crippen molar-refractivity contribution in [2.75, 3.05) is 26.7 Å². The number of carbonyl (C=O) groups is 2. The molecule has 2 aliphatic heterocycles. The van der Waals surface area contributed by atoms with Crippen LogP contribution in [-0.2, 0) is 17.9 Å². The number of piperidine rings is 1. The summed E-state index contributed by atoms with van der Waals surface area (Å²) in [6.07, 6.45) is 3.00. The van der Waals surface area contributed by atoms with Gasteiger partial charge in [0.15, 0.2) is 0 Å². The first-order chi connectivity index (χ1) is 15.4. The number of likely N-dealkylation sites (tertiary alicyclic amines) is 1. The van der Waals surface area contributed by atoms with Gasteiger partial charge < -0.3 is 9.64 Å². The molecular weight excluding hydrogens is 404 g/mol. The zero-order chi connectivity index (χ0) is 22.7. The number of pyridine rings is 1. The minimum Gasteiger partial charge on any atom is -0.497 e. The van der Waals surface area contributed by atoms with Gasteiger partial charge in [-0.25, -0.2) is 4.79 Å². The third-order valence-electron chi connectivity index (χ3n) is 6.46. The second-order valence-electron chi connectivity index (χ2n) is 9.16. The van der Waals surface area contributed by atoms with Crippen LogP contribution in [0.5, 0.6) is 5.75 Å². The molecule has 0 N–H and O–H groups in total. The van der Waals surface area contributed by atoms with Gasteiger partial charge in [-0.05, 0) is 48.6 Å². The van der Waals surface area contributed by atoms with E-state index in [4.69, 9.17) is 4.74 Å². The lowest BCUT2D eigenvalue weighted by Gasteiger charge is -2.42. The summed E-state index contributed by atoms with van der Waals surface area (Å²) < 4.78 is 5.24. The number of rotatable bonds is 7. The summed E-state index contributed by atoms with van der Waals surface area (Å²) in [5.74, 6) is 1.06. The predicted molar refractivity (Wildman–Crippen MR) is 122 cm³/mol. The number of amides is 3. The Morgan fingerprint density at radius 1 is 1.03 bits per heavy atom. The van der Waals surface area contributed by atoms with Crippen LogP contribution >= 0.6 is 0 Å². The van der Waals surface area contributed by atoms with Gasteiger partial charge in [0.2, 0.25) is 0 Å². The largest absolute Gasteiger partial charge is 0.497 e. The Hall–Kier alpha value is -2.93. The van der Waals surface area contributed by atoms with E-state index in [1.165, 1.54) is 10.5 Å². The zero-order valence-corrected chi connectivity index (χ0v) is 19.2. The zero-order valence-electron chi connectivity index (χ0n) is 19.2. The number of carbonyl (C=O) groups excluding carboxylic acids is 2. The fourth-order valence-corrected chi connectivity index (χ4v) is 4.75. The number of hydrogen-bond donors (Lipinski definition) is 0. The number of urea groups is 1. The Kier molecular flexibility index (Phi) is 6.46. The van der Waals surface area contributed by atoms with Gasteiger partial charge >= 0.3 is 6.03 Å². The highest BCUT2D eigenvalue weighted by molar-refractivity contribution is 6.07. The van der Waals surface area contributed by atoms with Gasteiger partial charge in [-0.1, -0.05) is 32.0 Å². The molecular formula is C25H32N4O3. The molecule has 0 saturated carbocycles. The van der Waals surface area contributed by atoms with Gasteiger partial charge in [0.1, 0.15) is 11.3 Å². The molecule has 1 spiro atoms. The third kappa shape index (κ3) is 4.35. The van der Waals surface area contributed by atoms with Crippen molar-refractivity contribution in [3.8, 4) is 5.75 Å². The second-order valence-corrected chi connectivity index (χ2v) is 9.16. The number of aromatic nitrogens is 1. The van der Waals surface area contributed by atoms with Crippen LogP contribution in [0.4, 0.5) is 4.79 Å². The Balaban J connectivity index is 1.49. The van der Waals surface area contributed by atoms with Crippen molar-refractivity contribution in [2.45, 2.75) is 45.3 Å². The lowest BCUT2D eigenvalue weighted by Crippen LogP contribution is -2.57. The summed E-state index contributed by atoms with van der Waals surface area (Å²) in [4.78, 5) is 36.9. The van der Waals surface area contributed by atoms with Crippen LogP contribution in [0.2, 0.25) is 0 Å². The molecule has 7 nitrogen and oxygen atoms in total. The number of benzene rings is 1. The molecule has 0 aliphatic carbocycles. The Morgan fingerprint density at radius 2 is 1.75 bits per heavy atom. The van der Waals surface area contributed by atoms with Crippen LogP contribution in [-0.4, -0.2) is 63.9 Å². The number of hydrogen-bond acceptors (Lipinski definition) is 5. The summed E-state index contributed by atoms with van der Waals surface area (Å²) in [5.41, 5.74) is 1.20. The second kappa shape index (κ2) is 9.28. The van der Waals surface area contributed by atoms with Gasteiger partial charge in [0, 0.05) is 32.4 Å². The lowest BCUT2D eigenvalue weighted by atomic mass is 9.85. The number of methoxy groups -OCH3 is 1. The van der Waals surface area contributed by atoms with Crippen molar-refractivity contribution < 1.29 is 14.3 Å². The summed E-state index contributed by atoms with van der Waals surface area (Å²) in [7, 11) is 1.67. The molecule has 2 aliphatic rings. The predicted octanol–water partition coefficient (Wildman–Crippen LogP) is 3.55. The first kappa shape index (κ1) is 22.3. The number of ether oxygens (including phenoxy) is 1. The normalized spacial score (nSPS) is 18.8. The molecule has 7 heteroatoms. The van der Waals surface area contributed by atoms with Gasteiger partial charge in [0.25, 0.3) is 5.91 Å². The van der Waals surface area contributed by atoms with Gasteiger partial charge in [-0.15, -0.1) is 0 Å². The van der Waals surface area contributed by atoms with Crippen LogP contribution in [0.3, 0.4) is 0 Å². The van der Waals surface area contributed by atoms with Crippen LogP contribution in [0.25, 0.3) is 0 Å². The average molecular weight is 437 g/mol. The molecule has 0 atom stereocenters. The van der Waals surface area contributed by atoms with E-state index in [9.17, 15) is 9.59 Å². The van der Waals surface area contributed by atoms with Crippen LogP contribution in [0.15, 0.2) is 48.7 Å².